The predicted molar refractivity (Wildman–Crippen MR) is 57.4 cm³/mol. The zero-order valence-electron chi connectivity index (χ0n) is 9.50. The van der Waals surface area contributed by atoms with Gasteiger partial charge in [0, 0.05) is 31.4 Å². The Balaban J connectivity index is 1.76. The lowest BCUT2D eigenvalue weighted by molar-refractivity contribution is -0.135. The second-order valence-corrected chi connectivity index (χ2v) is 4.41. The van der Waals surface area contributed by atoms with Crippen molar-refractivity contribution in [3.05, 3.63) is 18.2 Å². The molecule has 6 heteroatoms. The van der Waals surface area contributed by atoms with Crippen LogP contribution >= 0.6 is 0 Å². The molecular formula is C11H16F3N3. The molecule has 0 spiro atoms. The van der Waals surface area contributed by atoms with Gasteiger partial charge in [-0.15, -0.1) is 0 Å². The third-order valence-electron chi connectivity index (χ3n) is 2.79. The Kier molecular flexibility index (Phi) is 3.71. The minimum absolute atomic E-state index is 0.107. The lowest BCUT2D eigenvalue weighted by atomic mass is 10.3. The van der Waals surface area contributed by atoms with Crippen LogP contribution in [0, 0.1) is 0 Å². The third-order valence-corrected chi connectivity index (χ3v) is 2.79. The van der Waals surface area contributed by atoms with Crippen LogP contribution in [-0.2, 0) is 13.1 Å². The van der Waals surface area contributed by atoms with Crippen molar-refractivity contribution in [1.29, 1.82) is 0 Å². The van der Waals surface area contributed by atoms with E-state index in [9.17, 15) is 13.2 Å². The Bertz CT molecular complexity index is 355. The van der Waals surface area contributed by atoms with E-state index in [1.165, 1.54) is 12.8 Å². The van der Waals surface area contributed by atoms with E-state index in [0.29, 0.717) is 19.1 Å². The van der Waals surface area contributed by atoms with Gasteiger partial charge in [0.25, 0.3) is 0 Å². The van der Waals surface area contributed by atoms with Crippen molar-refractivity contribution in [2.45, 2.75) is 51.0 Å². The molecule has 0 radical (unpaired) electrons. The lowest BCUT2D eigenvalue weighted by Gasteiger charge is -2.09. The topological polar surface area (TPSA) is 29.9 Å². The molecule has 0 saturated heterocycles. The van der Waals surface area contributed by atoms with E-state index < -0.39 is 12.6 Å². The number of halogens is 3. The summed E-state index contributed by atoms with van der Waals surface area (Å²) in [6.45, 7) is 1.02. The molecule has 2 rings (SSSR count). The Morgan fingerprint density at radius 2 is 2.18 bits per heavy atom. The fourth-order valence-electron chi connectivity index (χ4n) is 1.68. The summed E-state index contributed by atoms with van der Waals surface area (Å²) in [5.74, 6) is 0.819. The lowest BCUT2D eigenvalue weighted by Crippen LogP contribution is -2.19. The summed E-state index contributed by atoms with van der Waals surface area (Å²) in [7, 11) is 0. The summed E-state index contributed by atoms with van der Waals surface area (Å²) in [5, 5.41) is 3.30. The first-order valence-electron chi connectivity index (χ1n) is 5.85. The molecule has 3 nitrogen and oxygen atoms in total. The van der Waals surface area contributed by atoms with E-state index in [1.54, 1.807) is 17.0 Å². The number of hydrogen-bond donors (Lipinski definition) is 1. The zero-order chi connectivity index (χ0) is 12.3. The highest BCUT2D eigenvalue weighted by molar-refractivity contribution is 4.94. The Labute approximate surface area is 98.0 Å². The molecule has 96 valence electrons. The first-order chi connectivity index (χ1) is 8.04. The maximum absolute atomic E-state index is 12.0. The molecule has 0 aromatic carbocycles. The molecule has 1 aromatic rings. The molecule has 1 N–H and O–H groups in total. The van der Waals surface area contributed by atoms with Gasteiger partial charge in [-0.3, -0.25) is 0 Å². The van der Waals surface area contributed by atoms with Crippen LogP contribution in [0.4, 0.5) is 13.2 Å². The molecule has 0 amide bonds. The molecule has 0 atom stereocenters. The largest absolute Gasteiger partial charge is 0.389 e. The second kappa shape index (κ2) is 5.08. The van der Waals surface area contributed by atoms with Crippen LogP contribution < -0.4 is 5.32 Å². The van der Waals surface area contributed by atoms with E-state index in [1.807, 2.05) is 0 Å². The molecule has 1 aliphatic carbocycles. The predicted octanol–water partition coefficient (Wildman–Crippen LogP) is 2.48. The summed E-state index contributed by atoms with van der Waals surface area (Å²) >= 11 is 0. The molecule has 0 unspecified atom stereocenters. The first kappa shape index (κ1) is 12.4. The number of nitrogens with zero attached hydrogens (tertiary/aromatic N) is 2. The zero-order valence-corrected chi connectivity index (χ0v) is 9.50. The molecule has 1 aromatic heterocycles. The van der Waals surface area contributed by atoms with Crippen molar-refractivity contribution in [3.63, 3.8) is 0 Å². The fourth-order valence-corrected chi connectivity index (χ4v) is 1.68. The van der Waals surface area contributed by atoms with Gasteiger partial charge in [-0.1, -0.05) is 0 Å². The monoisotopic (exact) mass is 247 g/mol. The van der Waals surface area contributed by atoms with Crippen LogP contribution in [0.2, 0.25) is 0 Å². The Morgan fingerprint density at radius 1 is 1.41 bits per heavy atom. The van der Waals surface area contributed by atoms with Crippen molar-refractivity contribution in [2.75, 3.05) is 0 Å². The first-order valence-corrected chi connectivity index (χ1v) is 5.85. The van der Waals surface area contributed by atoms with Gasteiger partial charge in [-0.05, 0) is 19.3 Å². The fraction of sp³-hybridized carbons (Fsp3) is 0.727. The Hall–Kier alpha value is -1.04. The third kappa shape index (κ3) is 4.38. The van der Waals surface area contributed by atoms with E-state index in [4.69, 9.17) is 0 Å². The minimum atomic E-state index is -4.06. The summed E-state index contributed by atoms with van der Waals surface area (Å²) in [6.07, 6.45) is 1.06. The Morgan fingerprint density at radius 3 is 2.82 bits per heavy atom. The highest BCUT2D eigenvalue weighted by Gasteiger charge is 2.26. The number of hydrogen-bond acceptors (Lipinski definition) is 2. The van der Waals surface area contributed by atoms with Crippen LogP contribution in [-0.4, -0.2) is 21.8 Å². The second-order valence-electron chi connectivity index (χ2n) is 4.41. The average molecular weight is 247 g/mol. The number of nitrogens with one attached hydrogen (secondary N) is 1. The van der Waals surface area contributed by atoms with Gasteiger partial charge in [0.1, 0.15) is 5.82 Å². The normalized spacial score (nSPS) is 16.4. The van der Waals surface area contributed by atoms with E-state index >= 15 is 0 Å². The summed E-state index contributed by atoms with van der Waals surface area (Å²) in [6, 6.07) is 0.579. The molecule has 0 bridgehead atoms. The van der Waals surface area contributed by atoms with Crippen LogP contribution in [0.25, 0.3) is 0 Å². The molecule has 1 heterocycles. The SMILES string of the molecule is FC(F)(F)CCCn1ccnc1CNC1CC1. The number of aromatic nitrogens is 2. The van der Waals surface area contributed by atoms with Crippen LogP contribution in [0.15, 0.2) is 12.4 Å². The maximum Gasteiger partial charge on any atom is 0.389 e. The van der Waals surface area contributed by atoms with Gasteiger partial charge >= 0.3 is 6.18 Å². The maximum atomic E-state index is 12.0. The molecule has 1 fully saturated rings. The molecule has 1 aliphatic rings. The van der Waals surface area contributed by atoms with Gasteiger partial charge in [-0.2, -0.15) is 13.2 Å². The van der Waals surface area contributed by atoms with Gasteiger partial charge in [0.2, 0.25) is 0 Å². The van der Waals surface area contributed by atoms with Gasteiger partial charge in [0.05, 0.1) is 6.54 Å². The van der Waals surface area contributed by atoms with Crippen molar-refractivity contribution in [2.24, 2.45) is 0 Å². The number of aryl methyl sites for hydroxylation is 1. The highest BCUT2D eigenvalue weighted by atomic mass is 19.4. The van der Waals surface area contributed by atoms with Crippen LogP contribution in [0.5, 0.6) is 0 Å². The summed E-state index contributed by atoms with van der Waals surface area (Å²) in [5.41, 5.74) is 0. The highest BCUT2D eigenvalue weighted by Crippen LogP contribution is 2.22. The average Bonchev–Trinajstić information content (AvgIpc) is 2.95. The number of imidazole rings is 1. The minimum Gasteiger partial charge on any atom is -0.334 e. The molecule has 0 aliphatic heterocycles. The van der Waals surface area contributed by atoms with Crippen LogP contribution in [0.3, 0.4) is 0 Å². The summed E-state index contributed by atoms with van der Waals surface area (Å²) < 4.78 is 37.8. The smallest absolute Gasteiger partial charge is 0.334 e. The van der Waals surface area contributed by atoms with Crippen molar-refractivity contribution in [1.82, 2.24) is 14.9 Å². The summed E-state index contributed by atoms with van der Waals surface area (Å²) in [4.78, 5) is 4.15. The molecule has 1 saturated carbocycles. The standard InChI is InChI=1S/C11H16F3N3/c12-11(13,14)4-1-6-17-7-5-15-10(17)8-16-9-2-3-9/h5,7,9,16H,1-4,6,8H2. The van der Waals surface area contributed by atoms with E-state index in [2.05, 4.69) is 10.3 Å². The van der Waals surface area contributed by atoms with Gasteiger partial charge in [0.15, 0.2) is 0 Å². The molecule has 17 heavy (non-hydrogen) atoms. The quantitative estimate of drug-likeness (QED) is 0.837. The van der Waals surface area contributed by atoms with Gasteiger partial charge < -0.3 is 9.88 Å². The van der Waals surface area contributed by atoms with Crippen LogP contribution in [0.1, 0.15) is 31.5 Å². The van der Waals surface area contributed by atoms with Crippen molar-refractivity contribution in [3.8, 4) is 0 Å². The van der Waals surface area contributed by atoms with E-state index in [-0.39, 0.29) is 6.42 Å². The number of rotatable bonds is 6. The van der Waals surface area contributed by atoms with Gasteiger partial charge in [-0.25, -0.2) is 4.98 Å². The molecular weight excluding hydrogens is 231 g/mol. The van der Waals surface area contributed by atoms with Crippen molar-refractivity contribution >= 4 is 0 Å². The van der Waals surface area contributed by atoms with Crippen molar-refractivity contribution < 1.29 is 13.2 Å². The van der Waals surface area contributed by atoms with E-state index in [0.717, 1.165) is 5.82 Å². The number of alkyl halides is 3.